The molecule has 3 aromatic rings. The minimum absolute atomic E-state index is 0.0848. The van der Waals surface area contributed by atoms with E-state index in [9.17, 15) is 4.79 Å². The normalized spacial score (nSPS) is 11.8. The summed E-state index contributed by atoms with van der Waals surface area (Å²) in [6.45, 7) is 4.24. The van der Waals surface area contributed by atoms with Gasteiger partial charge < -0.3 is 5.32 Å². The third kappa shape index (κ3) is 6.30. The topological polar surface area (TPSA) is 29.1 Å². The van der Waals surface area contributed by atoms with Crippen molar-refractivity contribution in [2.45, 2.75) is 45.6 Å². The summed E-state index contributed by atoms with van der Waals surface area (Å²) in [6, 6.07) is 24.5. The molecule has 1 N–H and O–H groups in total. The highest BCUT2D eigenvalue weighted by molar-refractivity contribution is 9.10. The van der Waals surface area contributed by atoms with Crippen LogP contribution in [-0.4, -0.2) is 5.78 Å². The summed E-state index contributed by atoms with van der Waals surface area (Å²) >= 11 is 3.50. The van der Waals surface area contributed by atoms with Crippen LogP contribution in [0.15, 0.2) is 77.3 Å². The number of carbonyl (C=O) groups excluding carboxylic acids is 1. The zero-order valence-corrected chi connectivity index (χ0v) is 18.7. The van der Waals surface area contributed by atoms with Crippen molar-refractivity contribution in [3.63, 3.8) is 0 Å². The smallest absolute Gasteiger partial charge is 0.165 e. The van der Waals surface area contributed by atoms with E-state index in [4.69, 9.17) is 0 Å². The molecule has 0 radical (unpaired) electrons. The standard InChI is InChI=1S/C26H28BrNO/c1-3-4-5-20-8-16-24(17-9-20)28-25(21-12-14-23(27)15-13-21)18-26(29)22-10-6-19(2)7-11-22/h6-17,25,28H,3-5,18H2,1-2H3/t25-/m0/s1. The van der Waals surface area contributed by atoms with Crippen molar-refractivity contribution < 1.29 is 4.79 Å². The first kappa shape index (κ1) is 21.3. The molecule has 0 fully saturated rings. The van der Waals surface area contributed by atoms with Gasteiger partial charge in [-0.1, -0.05) is 83.4 Å². The number of unbranched alkanes of at least 4 members (excludes halogenated alkanes) is 1. The molecule has 0 unspecified atom stereocenters. The Kier molecular flexibility index (Phi) is 7.65. The maximum absolute atomic E-state index is 12.9. The van der Waals surface area contributed by atoms with E-state index in [1.165, 1.54) is 18.4 Å². The zero-order valence-electron chi connectivity index (χ0n) is 17.1. The van der Waals surface area contributed by atoms with Gasteiger partial charge in [0, 0.05) is 22.1 Å². The quantitative estimate of drug-likeness (QED) is 0.342. The molecule has 0 saturated heterocycles. The van der Waals surface area contributed by atoms with E-state index in [-0.39, 0.29) is 11.8 Å². The summed E-state index contributed by atoms with van der Waals surface area (Å²) in [5, 5.41) is 3.57. The van der Waals surface area contributed by atoms with Crippen LogP contribution in [0.2, 0.25) is 0 Å². The van der Waals surface area contributed by atoms with Crippen LogP contribution < -0.4 is 5.32 Å². The number of Topliss-reactive ketones (excluding diaryl/α,β-unsaturated/α-hetero) is 1. The van der Waals surface area contributed by atoms with Crippen molar-refractivity contribution in [3.05, 3.63) is 99.5 Å². The molecule has 29 heavy (non-hydrogen) atoms. The van der Waals surface area contributed by atoms with Gasteiger partial charge in [-0.2, -0.15) is 0 Å². The lowest BCUT2D eigenvalue weighted by molar-refractivity contribution is 0.0976. The first-order valence-electron chi connectivity index (χ1n) is 10.3. The Hall–Kier alpha value is -2.39. The fourth-order valence-electron chi connectivity index (χ4n) is 3.34. The lowest BCUT2D eigenvalue weighted by Crippen LogP contribution is -2.16. The van der Waals surface area contributed by atoms with Crippen LogP contribution in [0, 0.1) is 6.92 Å². The molecule has 3 rings (SSSR count). The average molecular weight is 450 g/mol. The average Bonchev–Trinajstić information content (AvgIpc) is 2.74. The Morgan fingerprint density at radius 1 is 0.931 bits per heavy atom. The van der Waals surface area contributed by atoms with E-state index < -0.39 is 0 Å². The van der Waals surface area contributed by atoms with Gasteiger partial charge in [0.25, 0.3) is 0 Å². The van der Waals surface area contributed by atoms with E-state index in [2.05, 4.69) is 64.6 Å². The van der Waals surface area contributed by atoms with Gasteiger partial charge in [-0.15, -0.1) is 0 Å². The number of benzene rings is 3. The summed E-state index contributed by atoms with van der Waals surface area (Å²) < 4.78 is 1.03. The molecule has 0 aromatic heterocycles. The molecule has 0 bridgehead atoms. The predicted octanol–water partition coefficient (Wildman–Crippen LogP) is 7.53. The minimum Gasteiger partial charge on any atom is -0.378 e. The zero-order chi connectivity index (χ0) is 20.6. The molecule has 0 aliphatic heterocycles. The lowest BCUT2D eigenvalue weighted by atomic mass is 9.97. The second kappa shape index (κ2) is 10.4. The van der Waals surface area contributed by atoms with Crippen molar-refractivity contribution in [3.8, 4) is 0 Å². The van der Waals surface area contributed by atoms with E-state index in [0.717, 1.165) is 33.3 Å². The Morgan fingerprint density at radius 2 is 1.59 bits per heavy atom. The summed E-state index contributed by atoms with van der Waals surface area (Å²) in [5.74, 6) is 0.144. The second-order valence-electron chi connectivity index (χ2n) is 7.54. The number of aryl methyl sites for hydroxylation is 2. The first-order chi connectivity index (χ1) is 14.0. The minimum atomic E-state index is -0.0848. The van der Waals surface area contributed by atoms with Crippen molar-refractivity contribution in [1.29, 1.82) is 0 Å². The number of carbonyl (C=O) groups is 1. The van der Waals surface area contributed by atoms with Crippen molar-refractivity contribution in [2.24, 2.45) is 0 Å². The molecule has 0 amide bonds. The highest BCUT2D eigenvalue weighted by atomic mass is 79.9. The molecule has 3 heteroatoms. The van der Waals surface area contributed by atoms with Gasteiger partial charge in [-0.25, -0.2) is 0 Å². The Morgan fingerprint density at radius 3 is 2.21 bits per heavy atom. The lowest BCUT2D eigenvalue weighted by Gasteiger charge is -2.20. The fourth-order valence-corrected chi connectivity index (χ4v) is 3.60. The van der Waals surface area contributed by atoms with E-state index in [1.54, 1.807) is 0 Å². The van der Waals surface area contributed by atoms with Gasteiger partial charge in [0.1, 0.15) is 0 Å². The highest BCUT2D eigenvalue weighted by Crippen LogP contribution is 2.26. The number of rotatable bonds is 9. The molecule has 0 aliphatic carbocycles. The molecule has 0 spiro atoms. The molecular weight excluding hydrogens is 422 g/mol. The Bertz CT molecular complexity index is 914. The summed E-state index contributed by atoms with van der Waals surface area (Å²) in [6.07, 6.45) is 3.92. The van der Waals surface area contributed by atoms with Gasteiger partial charge in [0.2, 0.25) is 0 Å². The van der Waals surface area contributed by atoms with Gasteiger partial charge >= 0.3 is 0 Å². The third-order valence-electron chi connectivity index (χ3n) is 5.15. The molecule has 150 valence electrons. The first-order valence-corrected chi connectivity index (χ1v) is 11.1. The van der Waals surface area contributed by atoms with Crippen LogP contribution in [0.5, 0.6) is 0 Å². The number of halogens is 1. The van der Waals surface area contributed by atoms with Crippen LogP contribution >= 0.6 is 15.9 Å². The predicted molar refractivity (Wildman–Crippen MR) is 126 cm³/mol. The highest BCUT2D eigenvalue weighted by Gasteiger charge is 2.17. The van der Waals surface area contributed by atoms with Gasteiger partial charge in [0.05, 0.1) is 6.04 Å². The van der Waals surface area contributed by atoms with E-state index in [1.807, 2.05) is 43.3 Å². The Labute approximate surface area is 182 Å². The second-order valence-corrected chi connectivity index (χ2v) is 8.46. The van der Waals surface area contributed by atoms with Crippen LogP contribution in [0.4, 0.5) is 5.69 Å². The molecule has 1 atom stereocenters. The van der Waals surface area contributed by atoms with Crippen LogP contribution in [0.25, 0.3) is 0 Å². The monoisotopic (exact) mass is 449 g/mol. The van der Waals surface area contributed by atoms with Crippen LogP contribution in [-0.2, 0) is 6.42 Å². The molecule has 0 heterocycles. The van der Waals surface area contributed by atoms with Crippen molar-refractivity contribution >= 4 is 27.4 Å². The SMILES string of the molecule is CCCCc1ccc(N[C@@H](CC(=O)c2ccc(C)cc2)c2ccc(Br)cc2)cc1. The Balaban J connectivity index is 1.78. The molecule has 0 aliphatic rings. The molecule has 3 aromatic carbocycles. The van der Waals surface area contributed by atoms with Crippen LogP contribution in [0.3, 0.4) is 0 Å². The summed E-state index contributed by atoms with van der Waals surface area (Å²) in [4.78, 5) is 12.9. The molecular formula is C26H28BrNO. The van der Waals surface area contributed by atoms with Crippen LogP contribution in [0.1, 0.15) is 59.3 Å². The van der Waals surface area contributed by atoms with E-state index in [0.29, 0.717) is 6.42 Å². The number of anilines is 1. The number of hydrogen-bond acceptors (Lipinski definition) is 2. The van der Waals surface area contributed by atoms with Crippen molar-refractivity contribution in [1.82, 2.24) is 0 Å². The number of nitrogens with one attached hydrogen (secondary N) is 1. The van der Waals surface area contributed by atoms with E-state index >= 15 is 0 Å². The van der Waals surface area contributed by atoms with Gasteiger partial charge in [0.15, 0.2) is 5.78 Å². The molecule has 0 saturated carbocycles. The maximum Gasteiger partial charge on any atom is 0.165 e. The fraction of sp³-hybridized carbons (Fsp3) is 0.269. The number of ketones is 1. The number of hydrogen-bond donors (Lipinski definition) is 1. The largest absolute Gasteiger partial charge is 0.378 e. The summed E-state index contributed by atoms with van der Waals surface area (Å²) in [7, 11) is 0. The van der Waals surface area contributed by atoms with Gasteiger partial charge in [-0.05, 0) is 55.2 Å². The summed E-state index contributed by atoms with van der Waals surface area (Å²) in [5.41, 5.74) is 5.41. The molecule has 2 nitrogen and oxygen atoms in total. The maximum atomic E-state index is 12.9. The third-order valence-corrected chi connectivity index (χ3v) is 5.68. The van der Waals surface area contributed by atoms with Crippen molar-refractivity contribution in [2.75, 3.05) is 5.32 Å². The van der Waals surface area contributed by atoms with Gasteiger partial charge in [-0.3, -0.25) is 4.79 Å².